The fourth-order valence-corrected chi connectivity index (χ4v) is 4.72. The molecule has 0 aromatic heterocycles. The van der Waals surface area contributed by atoms with Gasteiger partial charge in [0.15, 0.2) is 0 Å². The number of rotatable bonds is 10. The summed E-state index contributed by atoms with van der Waals surface area (Å²) in [6.45, 7) is 7.29. The maximum Gasteiger partial charge on any atom is 0.134 e. The predicted molar refractivity (Wildman–Crippen MR) is 125 cm³/mol. The van der Waals surface area contributed by atoms with Gasteiger partial charge in [-0.15, -0.1) is 0 Å². The smallest absolute Gasteiger partial charge is 0.134 e. The zero-order chi connectivity index (χ0) is 22.7. The van der Waals surface area contributed by atoms with Crippen molar-refractivity contribution in [2.45, 2.75) is 63.9 Å². The molecule has 7 nitrogen and oxygen atoms in total. The number of hydrogen-bond acceptors (Lipinski definition) is 7. The molecule has 4 aliphatic heterocycles. The van der Waals surface area contributed by atoms with E-state index in [2.05, 4.69) is 13.8 Å². The monoisotopic (exact) mass is 452 g/mol. The van der Waals surface area contributed by atoms with Gasteiger partial charge in [0, 0.05) is 53.7 Å². The molecule has 2 aromatic rings. The molecule has 4 heterocycles. The van der Waals surface area contributed by atoms with Gasteiger partial charge in [-0.1, -0.05) is 0 Å². The molecule has 0 bridgehead atoms. The Bertz CT molecular complexity index is 1090. The summed E-state index contributed by atoms with van der Waals surface area (Å²) < 4.78 is 29.2. The van der Waals surface area contributed by atoms with Crippen molar-refractivity contribution in [3.63, 3.8) is 0 Å². The first-order chi connectivity index (χ1) is 16.0. The zero-order valence-corrected chi connectivity index (χ0v) is 19.3. The molecule has 7 heteroatoms. The van der Waals surface area contributed by atoms with Crippen LogP contribution in [0.5, 0.6) is 11.5 Å². The second-order valence-corrected chi connectivity index (χ2v) is 9.80. The average Bonchev–Trinajstić information content (AvgIpc) is 3.62. The van der Waals surface area contributed by atoms with Crippen molar-refractivity contribution in [3.8, 4) is 11.5 Å². The van der Waals surface area contributed by atoms with Crippen molar-refractivity contribution in [2.75, 3.05) is 37.9 Å². The van der Waals surface area contributed by atoms with Gasteiger partial charge in [-0.05, 0) is 42.7 Å². The predicted octanol–water partition coefficient (Wildman–Crippen LogP) is 3.03. The van der Waals surface area contributed by atoms with Crippen LogP contribution in [0.15, 0.2) is 12.1 Å². The molecular weight excluding hydrogens is 420 g/mol. The Hall–Kier alpha value is -2.32. The standard InChI is InChI=1S/C26H32N2O5/c1-13-19(5-15-9-29-15)24(4-3-23(13)27)33-26-20(6-16-10-30-16)14(2)25(28)21(7-17-11-31-17)22(26)8-18-12-32-18/h3-4,15-18H,5-12,27-28H2,1-2H3. The minimum atomic E-state index is 0.214. The van der Waals surface area contributed by atoms with Crippen LogP contribution in [0.2, 0.25) is 0 Å². The van der Waals surface area contributed by atoms with Crippen LogP contribution in [0.3, 0.4) is 0 Å². The highest BCUT2D eigenvalue weighted by atomic mass is 16.6. The number of anilines is 2. The van der Waals surface area contributed by atoms with E-state index in [4.69, 9.17) is 35.2 Å². The van der Waals surface area contributed by atoms with Crippen LogP contribution in [0.4, 0.5) is 11.4 Å². The van der Waals surface area contributed by atoms with E-state index in [1.54, 1.807) is 0 Å². The third-order valence-electron chi connectivity index (χ3n) is 7.24. The molecule has 0 aliphatic carbocycles. The molecule has 6 rings (SSSR count). The van der Waals surface area contributed by atoms with E-state index in [1.807, 2.05) is 12.1 Å². The van der Waals surface area contributed by atoms with Crippen LogP contribution >= 0.6 is 0 Å². The molecule has 4 N–H and O–H groups in total. The number of nitrogens with two attached hydrogens (primary N) is 2. The Kier molecular flexibility index (Phi) is 5.25. The van der Waals surface area contributed by atoms with E-state index in [0.717, 1.165) is 108 Å². The van der Waals surface area contributed by atoms with Crippen LogP contribution in [0.1, 0.15) is 33.4 Å². The molecule has 4 unspecified atom stereocenters. The Balaban J connectivity index is 1.47. The van der Waals surface area contributed by atoms with Crippen LogP contribution in [-0.2, 0) is 44.6 Å². The Morgan fingerprint density at radius 1 is 0.697 bits per heavy atom. The molecule has 0 amide bonds. The molecule has 2 aromatic carbocycles. The van der Waals surface area contributed by atoms with Crippen molar-refractivity contribution in [1.82, 2.24) is 0 Å². The van der Waals surface area contributed by atoms with Gasteiger partial charge in [0.1, 0.15) is 11.5 Å². The van der Waals surface area contributed by atoms with Gasteiger partial charge in [-0.3, -0.25) is 0 Å². The van der Waals surface area contributed by atoms with E-state index in [0.29, 0.717) is 0 Å². The van der Waals surface area contributed by atoms with E-state index in [9.17, 15) is 0 Å². The number of benzene rings is 2. The summed E-state index contributed by atoms with van der Waals surface area (Å²) in [4.78, 5) is 0. The van der Waals surface area contributed by atoms with E-state index < -0.39 is 0 Å². The Morgan fingerprint density at radius 2 is 1.18 bits per heavy atom. The van der Waals surface area contributed by atoms with Crippen molar-refractivity contribution >= 4 is 11.4 Å². The summed E-state index contributed by atoms with van der Waals surface area (Å²) >= 11 is 0. The fourth-order valence-electron chi connectivity index (χ4n) is 4.72. The van der Waals surface area contributed by atoms with Crippen LogP contribution in [0.25, 0.3) is 0 Å². The van der Waals surface area contributed by atoms with Gasteiger partial charge < -0.3 is 35.2 Å². The Morgan fingerprint density at radius 3 is 1.73 bits per heavy atom. The largest absolute Gasteiger partial charge is 0.456 e. The van der Waals surface area contributed by atoms with Crippen LogP contribution < -0.4 is 16.2 Å². The topological polar surface area (TPSA) is 111 Å². The maximum absolute atomic E-state index is 6.85. The molecule has 0 radical (unpaired) electrons. The molecule has 4 fully saturated rings. The summed E-state index contributed by atoms with van der Waals surface area (Å²) in [6, 6.07) is 3.92. The highest BCUT2D eigenvalue weighted by molar-refractivity contribution is 5.68. The lowest BCUT2D eigenvalue weighted by Gasteiger charge is -2.25. The van der Waals surface area contributed by atoms with Gasteiger partial charge in [-0.25, -0.2) is 0 Å². The maximum atomic E-state index is 6.85. The number of hydrogen-bond donors (Lipinski definition) is 2. The third kappa shape index (κ3) is 4.55. The molecule has 4 aliphatic rings. The lowest BCUT2D eigenvalue weighted by molar-refractivity contribution is 0.389. The van der Waals surface area contributed by atoms with Crippen LogP contribution in [0, 0.1) is 13.8 Å². The van der Waals surface area contributed by atoms with Crippen molar-refractivity contribution in [2.24, 2.45) is 0 Å². The number of epoxide rings is 4. The summed E-state index contributed by atoms with van der Waals surface area (Å²) in [7, 11) is 0. The van der Waals surface area contributed by atoms with E-state index in [-0.39, 0.29) is 24.4 Å². The summed E-state index contributed by atoms with van der Waals surface area (Å²) in [5.74, 6) is 1.75. The Labute approximate surface area is 194 Å². The van der Waals surface area contributed by atoms with Gasteiger partial charge in [0.2, 0.25) is 0 Å². The number of ether oxygens (including phenoxy) is 5. The molecule has 4 saturated heterocycles. The second-order valence-electron chi connectivity index (χ2n) is 9.80. The fraction of sp³-hybridized carbons (Fsp3) is 0.538. The van der Waals surface area contributed by atoms with E-state index in [1.165, 1.54) is 0 Å². The molecule has 4 atom stereocenters. The zero-order valence-electron chi connectivity index (χ0n) is 19.3. The molecular formula is C26H32N2O5. The normalized spacial score (nSPS) is 26.8. The van der Waals surface area contributed by atoms with Crippen molar-refractivity contribution in [3.05, 3.63) is 45.5 Å². The summed E-state index contributed by atoms with van der Waals surface area (Å²) in [5.41, 5.74) is 21.3. The van der Waals surface area contributed by atoms with Gasteiger partial charge in [0.25, 0.3) is 0 Å². The van der Waals surface area contributed by atoms with Gasteiger partial charge in [0.05, 0.1) is 50.8 Å². The van der Waals surface area contributed by atoms with Crippen LogP contribution in [-0.4, -0.2) is 50.8 Å². The first-order valence-corrected chi connectivity index (χ1v) is 11.9. The highest BCUT2D eigenvalue weighted by Gasteiger charge is 2.35. The van der Waals surface area contributed by atoms with Crippen molar-refractivity contribution in [1.29, 1.82) is 0 Å². The molecule has 0 saturated carbocycles. The molecule has 33 heavy (non-hydrogen) atoms. The first-order valence-electron chi connectivity index (χ1n) is 11.9. The molecule has 0 spiro atoms. The highest BCUT2D eigenvalue weighted by Crippen LogP contribution is 2.44. The van der Waals surface area contributed by atoms with E-state index >= 15 is 0 Å². The van der Waals surface area contributed by atoms with Gasteiger partial charge in [-0.2, -0.15) is 0 Å². The van der Waals surface area contributed by atoms with Crippen molar-refractivity contribution < 1.29 is 23.7 Å². The lowest BCUT2D eigenvalue weighted by atomic mass is 9.88. The third-order valence-corrected chi connectivity index (χ3v) is 7.24. The molecule has 176 valence electrons. The summed E-state index contributed by atoms with van der Waals surface area (Å²) in [5, 5.41) is 0. The first kappa shape index (κ1) is 21.2. The minimum absolute atomic E-state index is 0.214. The SMILES string of the molecule is Cc1c(N)ccc(Oc2c(CC3CO3)c(C)c(N)c(CC3CO3)c2CC2CO2)c1CC1CO1. The number of nitrogen functional groups attached to an aromatic ring is 2. The summed E-state index contributed by atoms with van der Waals surface area (Å²) in [6.07, 6.45) is 4.08. The quantitative estimate of drug-likeness (QED) is 0.421. The van der Waals surface area contributed by atoms with Gasteiger partial charge >= 0.3 is 0 Å². The lowest BCUT2D eigenvalue weighted by Crippen LogP contribution is -2.14. The minimum Gasteiger partial charge on any atom is -0.456 e. The average molecular weight is 453 g/mol. The second kappa shape index (κ2) is 8.17.